The molecule has 0 heterocycles. The third-order valence-corrected chi connectivity index (χ3v) is 3.85. The second kappa shape index (κ2) is 3.89. The number of alkyl halides is 2. The van der Waals surface area contributed by atoms with Crippen molar-refractivity contribution in [1.82, 2.24) is 0 Å². The summed E-state index contributed by atoms with van der Waals surface area (Å²) in [6.07, 6.45) is 0.731. The average molecular weight is 286 g/mol. The molecule has 1 saturated carbocycles. The quantitative estimate of drug-likeness (QED) is 0.718. The molecule has 0 aromatic heterocycles. The Balaban J connectivity index is 2.37. The van der Waals surface area contributed by atoms with Crippen molar-refractivity contribution in [2.45, 2.75) is 16.7 Å². The highest BCUT2D eigenvalue weighted by atomic mass is 35.5. The lowest BCUT2D eigenvalue weighted by Gasteiger charge is -2.08. The molecule has 1 nitrogen and oxygen atoms in total. The molecule has 0 saturated heterocycles. The molecule has 0 aliphatic heterocycles. The Hall–Kier alpha value is 0.180. The minimum Gasteiger partial charge on any atom is -0.494 e. The number of hydrogen-bond donors (Lipinski definition) is 0. The zero-order valence-electron chi connectivity index (χ0n) is 7.86. The third kappa shape index (κ3) is 2.16. The van der Waals surface area contributed by atoms with Gasteiger partial charge in [0.25, 0.3) is 0 Å². The van der Waals surface area contributed by atoms with Crippen LogP contribution in [0.2, 0.25) is 10.0 Å². The van der Waals surface area contributed by atoms with E-state index in [1.807, 2.05) is 0 Å². The van der Waals surface area contributed by atoms with Crippen molar-refractivity contribution in [3.63, 3.8) is 0 Å². The van der Waals surface area contributed by atoms with Gasteiger partial charge in [-0.3, -0.25) is 0 Å². The second-order valence-electron chi connectivity index (χ2n) is 3.54. The Bertz CT molecular complexity index is 379. The summed E-state index contributed by atoms with van der Waals surface area (Å²) in [5.41, 5.74) is 0.954. The van der Waals surface area contributed by atoms with Gasteiger partial charge in [-0.1, -0.05) is 23.2 Å². The van der Waals surface area contributed by atoms with Gasteiger partial charge < -0.3 is 4.74 Å². The van der Waals surface area contributed by atoms with E-state index in [-0.39, 0.29) is 5.92 Å². The summed E-state index contributed by atoms with van der Waals surface area (Å²) >= 11 is 23.9. The summed E-state index contributed by atoms with van der Waals surface area (Å²) in [6, 6.07) is 3.59. The van der Waals surface area contributed by atoms with Gasteiger partial charge in [-0.05, 0) is 24.1 Å². The number of ether oxygens (including phenoxy) is 1. The molecule has 0 radical (unpaired) electrons. The molecule has 15 heavy (non-hydrogen) atoms. The van der Waals surface area contributed by atoms with E-state index in [0.29, 0.717) is 15.8 Å². The highest BCUT2D eigenvalue weighted by Crippen LogP contribution is 2.60. The maximum atomic E-state index is 6.00. The van der Waals surface area contributed by atoms with Crippen molar-refractivity contribution in [2.75, 3.05) is 7.11 Å². The molecule has 0 amide bonds. The van der Waals surface area contributed by atoms with Crippen molar-refractivity contribution in [1.29, 1.82) is 0 Å². The molecule has 1 fully saturated rings. The number of halogens is 4. The molecule has 1 aliphatic rings. The van der Waals surface area contributed by atoms with Crippen molar-refractivity contribution in [3.05, 3.63) is 27.7 Å². The highest BCUT2D eigenvalue weighted by molar-refractivity contribution is 6.51. The van der Waals surface area contributed by atoms with E-state index in [4.69, 9.17) is 51.1 Å². The van der Waals surface area contributed by atoms with Crippen LogP contribution >= 0.6 is 46.4 Å². The molecule has 1 unspecified atom stereocenters. The van der Waals surface area contributed by atoms with Crippen molar-refractivity contribution in [2.24, 2.45) is 0 Å². The van der Waals surface area contributed by atoms with Crippen molar-refractivity contribution >= 4 is 46.4 Å². The maximum Gasteiger partial charge on any atom is 0.156 e. The molecule has 0 spiro atoms. The summed E-state index contributed by atoms with van der Waals surface area (Å²) in [6.45, 7) is 0. The number of rotatable bonds is 2. The van der Waals surface area contributed by atoms with Gasteiger partial charge in [0.1, 0.15) is 4.33 Å². The molecule has 1 aromatic rings. The van der Waals surface area contributed by atoms with Crippen LogP contribution < -0.4 is 4.74 Å². The molecule has 1 atom stereocenters. The molecular weight excluding hydrogens is 278 g/mol. The molecule has 1 aromatic carbocycles. The third-order valence-electron chi connectivity index (χ3n) is 2.45. The SMILES string of the molecule is COc1c(Cl)cc(C2CC2(Cl)Cl)cc1Cl. The van der Waals surface area contributed by atoms with Crippen LogP contribution in [0.25, 0.3) is 0 Å². The Morgan fingerprint density at radius 1 is 1.27 bits per heavy atom. The predicted octanol–water partition coefficient (Wildman–Crippen LogP) is 4.66. The van der Waals surface area contributed by atoms with E-state index < -0.39 is 4.33 Å². The van der Waals surface area contributed by atoms with E-state index in [0.717, 1.165) is 12.0 Å². The normalized spacial score (nSPS) is 22.6. The van der Waals surface area contributed by atoms with Gasteiger partial charge in [-0.15, -0.1) is 23.2 Å². The minimum absolute atomic E-state index is 0.113. The van der Waals surface area contributed by atoms with E-state index in [1.54, 1.807) is 12.1 Å². The lowest BCUT2D eigenvalue weighted by molar-refractivity contribution is 0.415. The molecule has 1 aliphatic carbocycles. The van der Waals surface area contributed by atoms with Crippen molar-refractivity contribution < 1.29 is 4.74 Å². The monoisotopic (exact) mass is 284 g/mol. The summed E-state index contributed by atoms with van der Waals surface area (Å²) in [7, 11) is 1.53. The molecule has 82 valence electrons. The second-order valence-corrected chi connectivity index (χ2v) is 5.89. The lowest BCUT2D eigenvalue weighted by atomic mass is 10.1. The van der Waals surface area contributed by atoms with E-state index in [2.05, 4.69) is 0 Å². The van der Waals surface area contributed by atoms with Crippen molar-refractivity contribution in [3.8, 4) is 5.75 Å². The smallest absolute Gasteiger partial charge is 0.156 e. The van der Waals surface area contributed by atoms with Gasteiger partial charge in [-0.2, -0.15) is 0 Å². The number of hydrogen-bond acceptors (Lipinski definition) is 1. The first kappa shape index (κ1) is 11.7. The van der Waals surface area contributed by atoms with Crippen LogP contribution in [0.15, 0.2) is 12.1 Å². The van der Waals surface area contributed by atoms with Crippen LogP contribution in [0.3, 0.4) is 0 Å². The topological polar surface area (TPSA) is 9.23 Å². The van der Waals surface area contributed by atoms with E-state index in [1.165, 1.54) is 7.11 Å². The Labute approximate surface area is 108 Å². The molecular formula is C10H8Cl4O. The average Bonchev–Trinajstić information content (AvgIpc) is 2.74. The first-order chi connectivity index (χ1) is 6.95. The zero-order valence-corrected chi connectivity index (χ0v) is 10.9. The fourth-order valence-electron chi connectivity index (χ4n) is 1.55. The minimum atomic E-state index is -0.665. The van der Waals surface area contributed by atoms with Gasteiger partial charge in [0, 0.05) is 5.92 Å². The van der Waals surface area contributed by atoms with Gasteiger partial charge in [0.15, 0.2) is 5.75 Å². The maximum absolute atomic E-state index is 6.00. The van der Waals surface area contributed by atoms with Crippen LogP contribution in [0.4, 0.5) is 0 Å². The van der Waals surface area contributed by atoms with Crippen LogP contribution in [0, 0.1) is 0 Å². The fraction of sp³-hybridized carbons (Fsp3) is 0.400. The van der Waals surface area contributed by atoms with Gasteiger partial charge >= 0.3 is 0 Å². The number of methoxy groups -OCH3 is 1. The fourth-order valence-corrected chi connectivity index (χ4v) is 2.77. The summed E-state index contributed by atoms with van der Waals surface area (Å²) in [5, 5.41) is 0.965. The first-order valence-corrected chi connectivity index (χ1v) is 5.87. The zero-order chi connectivity index (χ0) is 11.2. The molecule has 0 bridgehead atoms. The molecule has 0 N–H and O–H groups in total. The standard InChI is InChI=1S/C10H8Cl4O/c1-15-9-7(11)2-5(3-8(9)12)6-4-10(6,13)14/h2-3,6H,4H2,1H3. The van der Waals surface area contributed by atoms with Gasteiger partial charge in [0.2, 0.25) is 0 Å². The summed E-state index contributed by atoms with van der Waals surface area (Å²) in [5.74, 6) is 0.596. The summed E-state index contributed by atoms with van der Waals surface area (Å²) in [4.78, 5) is 0. The van der Waals surface area contributed by atoms with Crippen LogP contribution in [-0.4, -0.2) is 11.4 Å². The summed E-state index contributed by atoms with van der Waals surface area (Å²) < 4.78 is 4.39. The lowest BCUT2D eigenvalue weighted by Crippen LogP contribution is -1.92. The molecule has 2 rings (SSSR count). The highest BCUT2D eigenvalue weighted by Gasteiger charge is 2.52. The predicted molar refractivity (Wildman–Crippen MR) is 64.8 cm³/mol. The molecule has 5 heteroatoms. The first-order valence-electron chi connectivity index (χ1n) is 4.36. The van der Waals surface area contributed by atoms with E-state index >= 15 is 0 Å². The van der Waals surface area contributed by atoms with Gasteiger partial charge in [0.05, 0.1) is 17.2 Å². The Morgan fingerprint density at radius 2 is 1.73 bits per heavy atom. The largest absolute Gasteiger partial charge is 0.494 e. The van der Waals surface area contributed by atoms with Crippen LogP contribution in [-0.2, 0) is 0 Å². The number of benzene rings is 1. The van der Waals surface area contributed by atoms with Crippen LogP contribution in [0.1, 0.15) is 17.9 Å². The van der Waals surface area contributed by atoms with E-state index in [9.17, 15) is 0 Å². The Morgan fingerprint density at radius 3 is 2.07 bits per heavy atom. The Kier molecular flexibility index (Phi) is 3.02. The van der Waals surface area contributed by atoms with Crippen LogP contribution in [0.5, 0.6) is 5.75 Å². The van der Waals surface area contributed by atoms with Gasteiger partial charge in [-0.25, -0.2) is 0 Å².